The number of carbonyl (C=O) groups is 1. The average Bonchev–Trinajstić information content (AvgIpc) is 3.00. The zero-order valence-electron chi connectivity index (χ0n) is 14.6. The average molecular weight is 348 g/mol. The van der Waals surface area contributed by atoms with Gasteiger partial charge in [0.15, 0.2) is 6.61 Å². The zero-order chi connectivity index (χ0) is 18.4. The predicted molar refractivity (Wildman–Crippen MR) is 100 cm³/mol. The van der Waals surface area contributed by atoms with Crippen LogP contribution >= 0.6 is 0 Å². The number of pyridine rings is 1. The van der Waals surface area contributed by atoms with Crippen molar-refractivity contribution in [3.63, 3.8) is 0 Å². The highest BCUT2D eigenvalue weighted by Crippen LogP contribution is 2.29. The third kappa shape index (κ3) is 3.55. The van der Waals surface area contributed by atoms with Crippen molar-refractivity contribution in [3.8, 4) is 11.8 Å². The van der Waals surface area contributed by atoms with Crippen molar-refractivity contribution in [1.29, 1.82) is 5.26 Å². The van der Waals surface area contributed by atoms with E-state index in [1.165, 1.54) is 0 Å². The second-order valence-corrected chi connectivity index (χ2v) is 5.82. The molecule has 2 aromatic heterocycles. The second-order valence-electron chi connectivity index (χ2n) is 5.82. The van der Waals surface area contributed by atoms with Gasteiger partial charge in [0, 0.05) is 5.39 Å². The van der Waals surface area contributed by atoms with Crippen molar-refractivity contribution in [2.45, 2.75) is 19.8 Å². The van der Waals surface area contributed by atoms with E-state index in [2.05, 4.69) is 6.92 Å². The van der Waals surface area contributed by atoms with E-state index in [4.69, 9.17) is 14.7 Å². The summed E-state index contributed by atoms with van der Waals surface area (Å²) in [5.74, 6) is 0.220. The Morgan fingerprint density at radius 3 is 2.85 bits per heavy atom. The number of para-hydroxylation sites is 1. The van der Waals surface area contributed by atoms with E-state index in [0.717, 1.165) is 29.3 Å². The first-order chi connectivity index (χ1) is 12.8. The molecule has 0 aliphatic carbocycles. The SMILES string of the molecule is CCC/C=C\COC(=O)c1c2ccccc2n2cc(OCC#N)ccc12. The monoisotopic (exact) mass is 348 g/mol. The molecule has 0 amide bonds. The minimum atomic E-state index is -0.351. The van der Waals surface area contributed by atoms with Gasteiger partial charge >= 0.3 is 5.97 Å². The summed E-state index contributed by atoms with van der Waals surface area (Å²) < 4.78 is 12.7. The van der Waals surface area contributed by atoms with Crippen molar-refractivity contribution in [2.75, 3.05) is 13.2 Å². The summed E-state index contributed by atoms with van der Waals surface area (Å²) >= 11 is 0. The van der Waals surface area contributed by atoms with Crippen LogP contribution < -0.4 is 4.74 Å². The number of rotatable bonds is 7. The molecule has 26 heavy (non-hydrogen) atoms. The van der Waals surface area contributed by atoms with Crippen LogP contribution in [0.5, 0.6) is 5.75 Å². The van der Waals surface area contributed by atoms with Crippen molar-refractivity contribution in [3.05, 3.63) is 60.3 Å². The number of benzene rings is 1. The Morgan fingerprint density at radius 1 is 1.19 bits per heavy atom. The first kappa shape index (κ1) is 17.6. The number of hydrogen-bond acceptors (Lipinski definition) is 4. The molecule has 3 aromatic rings. The van der Waals surface area contributed by atoms with Crippen LogP contribution in [0.25, 0.3) is 16.4 Å². The molecule has 0 saturated carbocycles. The Hall–Kier alpha value is -3.26. The summed E-state index contributed by atoms with van der Waals surface area (Å²) in [6, 6.07) is 13.2. The summed E-state index contributed by atoms with van der Waals surface area (Å²) in [6.45, 7) is 2.34. The van der Waals surface area contributed by atoms with Gasteiger partial charge in [-0.25, -0.2) is 4.79 Å². The number of nitrogens with zero attached hydrogens (tertiary/aromatic N) is 2. The predicted octanol–water partition coefficient (Wildman–Crippen LogP) is 4.51. The number of allylic oxidation sites excluding steroid dienone is 1. The van der Waals surface area contributed by atoms with E-state index in [1.54, 1.807) is 12.3 Å². The maximum atomic E-state index is 12.7. The van der Waals surface area contributed by atoms with Crippen LogP contribution in [-0.4, -0.2) is 23.6 Å². The maximum absolute atomic E-state index is 12.7. The summed E-state index contributed by atoms with van der Waals surface area (Å²) in [4.78, 5) is 12.7. The fourth-order valence-corrected chi connectivity index (χ4v) is 2.88. The molecule has 0 N–H and O–H groups in total. The lowest BCUT2D eigenvalue weighted by molar-refractivity contribution is 0.0554. The number of unbranched alkanes of at least 4 members (excludes halogenated alkanes) is 1. The quantitative estimate of drug-likeness (QED) is 0.465. The highest BCUT2D eigenvalue weighted by atomic mass is 16.5. The summed E-state index contributed by atoms with van der Waals surface area (Å²) in [7, 11) is 0. The molecule has 0 fully saturated rings. The Bertz CT molecular complexity index is 996. The van der Waals surface area contributed by atoms with Crippen LogP contribution in [0.1, 0.15) is 30.1 Å². The third-order valence-electron chi connectivity index (χ3n) is 4.05. The van der Waals surface area contributed by atoms with Gasteiger partial charge in [0.2, 0.25) is 0 Å². The zero-order valence-corrected chi connectivity index (χ0v) is 14.6. The van der Waals surface area contributed by atoms with Crippen LogP contribution in [0.15, 0.2) is 54.7 Å². The van der Waals surface area contributed by atoms with Gasteiger partial charge in [-0.15, -0.1) is 0 Å². The molecule has 0 unspecified atom stereocenters. The lowest BCUT2D eigenvalue weighted by Gasteiger charge is -2.05. The highest BCUT2D eigenvalue weighted by molar-refractivity contribution is 6.11. The molecular formula is C21H20N2O3. The van der Waals surface area contributed by atoms with E-state index < -0.39 is 0 Å². The van der Waals surface area contributed by atoms with Gasteiger partial charge in [-0.1, -0.05) is 43.7 Å². The normalized spacial score (nSPS) is 11.1. The molecule has 0 aliphatic rings. The van der Waals surface area contributed by atoms with E-state index >= 15 is 0 Å². The summed E-state index contributed by atoms with van der Waals surface area (Å²) in [6.07, 6.45) is 7.71. The number of ether oxygens (including phenoxy) is 2. The highest BCUT2D eigenvalue weighted by Gasteiger charge is 2.19. The van der Waals surface area contributed by atoms with Crippen molar-refractivity contribution >= 4 is 22.4 Å². The Labute approximate surface area is 152 Å². The van der Waals surface area contributed by atoms with Crippen molar-refractivity contribution in [1.82, 2.24) is 4.40 Å². The molecule has 0 saturated heterocycles. The lowest BCUT2D eigenvalue weighted by Crippen LogP contribution is -2.05. The number of fused-ring (bicyclic) bond motifs is 3. The van der Waals surface area contributed by atoms with E-state index in [1.807, 2.05) is 53.0 Å². The van der Waals surface area contributed by atoms with Gasteiger partial charge in [-0.3, -0.25) is 0 Å². The molecular weight excluding hydrogens is 328 g/mol. The number of hydrogen-bond donors (Lipinski definition) is 0. The molecule has 1 aromatic carbocycles. The maximum Gasteiger partial charge on any atom is 0.341 e. The summed E-state index contributed by atoms with van der Waals surface area (Å²) in [5, 5.41) is 9.50. The number of aromatic nitrogens is 1. The molecule has 0 aliphatic heterocycles. The van der Waals surface area contributed by atoms with Gasteiger partial charge < -0.3 is 13.9 Å². The topological polar surface area (TPSA) is 63.7 Å². The standard InChI is InChI=1S/C21H20N2O3/c1-2-3-4-7-13-26-21(24)20-17-8-5-6-9-18(17)23-15-16(25-14-12-22)10-11-19(20)23/h4-11,15H,2-3,13-14H2,1H3/b7-4-. The fourth-order valence-electron chi connectivity index (χ4n) is 2.88. The summed E-state index contributed by atoms with van der Waals surface area (Å²) in [5.41, 5.74) is 2.17. The van der Waals surface area contributed by atoms with Crippen LogP contribution in [0.3, 0.4) is 0 Å². The van der Waals surface area contributed by atoms with Crippen LogP contribution in [-0.2, 0) is 4.74 Å². The van der Waals surface area contributed by atoms with Crippen LogP contribution in [0, 0.1) is 11.3 Å². The fraction of sp³-hybridized carbons (Fsp3) is 0.238. The van der Waals surface area contributed by atoms with Crippen molar-refractivity contribution < 1.29 is 14.3 Å². The van der Waals surface area contributed by atoms with Gasteiger partial charge in [-0.2, -0.15) is 5.26 Å². The molecule has 0 spiro atoms. The second kappa shape index (κ2) is 8.21. The first-order valence-corrected chi connectivity index (χ1v) is 8.61. The Kier molecular flexibility index (Phi) is 5.55. The molecule has 0 atom stereocenters. The molecule has 3 rings (SSSR count). The van der Waals surface area contributed by atoms with Crippen LogP contribution in [0.4, 0.5) is 0 Å². The van der Waals surface area contributed by atoms with E-state index in [9.17, 15) is 4.79 Å². The molecule has 2 heterocycles. The molecule has 5 nitrogen and oxygen atoms in total. The largest absolute Gasteiger partial charge is 0.477 e. The molecule has 5 heteroatoms. The van der Waals surface area contributed by atoms with E-state index in [-0.39, 0.29) is 19.2 Å². The van der Waals surface area contributed by atoms with Gasteiger partial charge in [0.05, 0.1) is 22.8 Å². The minimum Gasteiger partial charge on any atom is -0.477 e. The Morgan fingerprint density at radius 2 is 2.04 bits per heavy atom. The first-order valence-electron chi connectivity index (χ1n) is 8.61. The van der Waals surface area contributed by atoms with Gasteiger partial charge in [0.1, 0.15) is 18.4 Å². The molecule has 132 valence electrons. The smallest absolute Gasteiger partial charge is 0.341 e. The number of carbonyl (C=O) groups excluding carboxylic acids is 1. The van der Waals surface area contributed by atoms with Gasteiger partial charge in [-0.05, 0) is 24.6 Å². The van der Waals surface area contributed by atoms with E-state index in [0.29, 0.717) is 11.3 Å². The lowest BCUT2D eigenvalue weighted by atomic mass is 10.1. The Balaban J connectivity index is 1.98. The number of nitriles is 1. The van der Waals surface area contributed by atoms with Gasteiger partial charge in [0.25, 0.3) is 0 Å². The molecule has 0 bridgehead atoms. The van der Waals surface area contributed by atoms with Crippen LogP contribution in [0.2, 0.25) is 0 Å². The van der Waals surface area contributed by atoms with Crippen molar-refractivity contribution in [2.24, 2.45) is 0 Å². The number of esters is 1. The minimum absolute atomic E-state index is 0.0241. The third-order valence-corrected chi connectivity index (χ3v) is 4.05. The molecule has 0 radical (unpaired) electrons.